The molecule has 1 saturated carbocycles. The van der Waals surface area contributed by atoms with Crippen molar-refractivity contribution in [1.82, 2.24) is 0 Å². The van der Waals surface area contributed by atoms with Gasteiger partial charge in [-0.15, -0.1) is 0 Å². The number of fused-ring (bicyclic) bond motifs is 1. The van der Waals surface area contributed by atoms with Gasteiger partial charge in [0.05, 0.1) is 7.11 Å². The van der Waals surface area contributed by atoms with E-state index in [2.05, 4.69) is 24.3 Å². The number of nitrogens with two attached hydrogens (primary N) is 1. The van der Waals surface area contributed by atoms with Crippen LogP contribution in [0.15, 0.2) is 36.4 Å². The van der Waals surface area contributed by atoms with Crippen LogP contribution >= 0.6 is 0 Å². The first-order valence-electron chi connectivity index (χ1n) is 6.06. The number of ether oxygens (including phenoxy) is 1. The second-order valence-corrected chi connectivity index (χ2v) is 4.88. The molecule has 2 heteroatoms. The second-order valence-electron chi connectivity index (χ2n) is 4.88. The van der Waals surface area contributed by atoms with Crippen LogP contribution in [0.3, 0.4) is 0 Å². The SMILES string of the molecule is COc1cccc2cc(C3(CN)CC3)ccc12. The van der Waals surface area contributed by atoms with Crippen LogP contribution in [-0.4, -0.2) is 13.7 Å². The Morgan fingerprint density at radius 3 is 2.71 bits per heavy atom. The summed E-state index contributed by atoms with van der Waals surface area (Å²) in [7, 11) is 1.71. The molecular weight excluding hydrogens is 210 g/mol. The highest BCUT2D eigenvalue weighted by molar-refractivity contribution is 5.89. The third-order valence-corrected chi connectivity index (χ3v) is 3.92. The number of rotatable bonds is 3. The summed E-state index contributed by atoms with van der Waals surface area (Å²) in [5.74, 6) is 0.937. The van der Waals surface area contributed by atoms with E-state index in [4.69, 9.17) is 10.5 Å². The van der Waals surface area contributed by atoms with Gasteiger partial charge < -0.3 is 10.5 Å². The summed E-state index contributed by atoms with van der Waals surface area (Å²) in [6.07, 6.45) is 2.44. The minimum absolute atomic E-state index is 0.261. The second kappa shape index (κ2) is 3.74. The number of hydrogen-bond acceptors (Lipinski definition) is 2. The maximum Gasteiger partial charge on any atom is 0.126 e. The van der Waals surface area contributed by atoms with Crippen molar-refractivity contribution in [3.8, 4) is 5.75 Å². The Morgan fingerprint density at radius 1 is 1.24 bits per heavy atom. The summed E-state index contributed by atoms with van der Waals surface area (Å²) in [5, 5.41) is 2.41. The van der Waals surface area contributed by atoms with Gasteiger partial charge in [-0.05, 0) is 29.9 Å². The highest BCUT2D eigenvalue weighted by Crippen LogP contribution is 2.48. The van der Waals surface area contributed by atoms with Crippen molar-refractivity contribution in [2.24, 2.45) is 5.73 Å². The van der Waals surface area contributed by atoms with Crippen LogP contribution < -0.4 is 10.5 Å². The molecule has 1 fully saturated rings. The largest absolute Gasteiger partial charge is 0.496 e. The summed E-state index contributed by atoms with van der Waals surface area (Å²) < 4.78 is 5.37. The predicted octanol–water partition coefficient (Wildman–Crippen LogP) is 2.84. The smallest absolute Gasteiger partial charge is 0.126 e. The van der Waals surface area contributed by atoms with Crippen molar-refractivity contribution >= 4 is 10.8 Å². The quantitative estimate of drug-likeness (QED) is 0.875. The first-order chi connectivity index (χ1) is 8.29. The van der Waals surface area contributed by atoms with Crippen molar-refractivity contribution in [3.05, 3.63) is 42.0 Å². The Kier molecular flexibility index (Phi) is 2.33. The Bertz CT molecular complexity index is 558. The molecule has 0 heterocycles. The topological polar surface area (TPSA) is 35.2 Å². The van der Waals surface area contributed by atoms with Crippen LogP contribution in [0.4, 0.5) is 0 Å². The summed E-state index contributed by atoms with van der Waals surface area (Å²) in [6.45, 7) is 0.752. The molecular formula is C15H17NO. The predicted molar refractivity (Wildman–Crippen MR) is 70.5 cm³/mol. The van der Waals surface area contributed by atoms with Gasteiger partial charge in [-0.3, -0.25) is 0 Å². The van der Waals surface area contributed by atoms with Crippen molar-refractivity contribution < 1.29 is 4.74 Å². The summed E-state index contributed by atoms with van der Waals surface area (Å²) in [4.78, 5) is 0. The third-order valence-electron chi connectivity index (χ3n) is 3.92. The van der Waals surface area contributed by atoms with Gasteiger partial charge in [0.25, 0.3) is 0 Å². The Morgan fingerprint density at radius 2 is 2.06 bits per heavy atom. The first-order valence-corrected chi connectivity index (χ1v) is 6.06. The van der Waals surface area contributed by atoms with Crippen LogP contribution in [0, 0.1) is 0 Å². The molecule has 0 atom stereocenters. The molecule has 2 nitrogen and oxygen atoms in total. The van der Waals surface area contributed by atoms with E-state index in [1.807, 2.05) is 12.1 Å². The number of methoxy groups -OCH3 is 1. The lowest BCUT2D eigenvalue weighted by molar-refractivity contribution is 0.420. The monoisotopic (exact) mass is 227 g/mol. The first kappa shape index (κ1) is 10.6. The molecule has 0 unspecified atom stereocenters. The van der Waals surface area contributed by atoms with Gasteiger partial charge in [0, 0.05) is 17.3 Å². The number of benzene rings is 2. The summed E-state index contributed by atoms with van der Waals surface area (Å²) in [5.41, 5.74) is 7.51. The van der Waals surface area contributed by atoms with Crippen LogP contribution in [-0.2, 0) is 5.41 Å². The van der Waals surface area contributed by atoms with Crippen LogP contribution in [0.2, 0.25) is 0 Å². The van der Waals surface area contributed by atoms with Gasteiger partial charge in [0.1, 0.15) is 5.75 Å². The fourth-order valence-electron chi connectivity index (χ4n) is 2.52. The van der Waals surface area contributed by atoms with E-state index in [0.717, 1.165) is 12.3 Å². The molecule has 3 rings (SSSR count). The molecule has 0 bridgehead atoms. The highest BCUT2D eigenvalue weighted by atomic mass is 16.5. The van der Waals surface area contributed by atoms with Gasteiger partial charge in [0.2, 0.25) is 0 Å². The summed E-state index contributed by atoms with van der Waals surface area (Å²) in [6, 6.07) is 12.8. The lowest BCUT2D eigenvalue weighted by Gasteiger charge is -2.14. The lowest BCUT2D eigenvalue weighted by atomic mass is 9.93. The van der Waals surface area contributed by atoms with Gasteiger partial charge in [-0.25, -0.2) is 0 Å². The van der Waals surface area contributed by atoms with Crippen LogP contribution in [0.25, 0.3) is 10.8 Å². The standard InChI is InChI=1S/C15H17NO/c1-17-14-4-2-3-11-9-12(5-6-13(11)14)15(10-16)7-8-15/h2-6,9H,7-8,10,16H2,1H3. The van der Waals surface area contributed by atoms with Gasteiger partial charge in [0.15, 0.2) is 0 Å². The Balaban J connectivity index is 2.14. The maximum absolute atomic E-state index is 5.88. The molecule has 17 heavy (non-hydrogen) atoms. The highest BCUT2D eigenvalue weighted by Gasteiger charge is 2.42. The maximum atomic E-state index is 5.88. The molecule has 1 aliphatic carbocycles. The van der Waals surface area contributed by atoms with Gasteiger partial charge >= 0.3 is 0 Å². The van der Waals surface area contributed by atoms with E-state index >= 15 is 0 Å². The molecule has 0 spiro atoms. The van der Waals surface area contributed by atoms with E-state index in [0.29, 0.717) is 0 Å². The van der Waals surface area contributed by atoms with E-state index in [9.17, 15) is 0 Å². The average Bonchev–Trinajstić information content (AvgIpc) is 3.18. The Hall–Kier alpha value is -1.54. The molecule has 0 radical (unpaired) electrons. The lowest BCUT2D eigenvalue weighted by Crippen LogP contribution is -2.19. The van der Waals surface area contributed by atoms with Gasteiger partial charge in [-0.1, -0.05) is 30.3 Å². The van der Waals surface area contributed by atoms with Crippen molar-refractivity contribution in [3.63, 3.8) is 0 Å². The van der Waals surface area contributed by atoms with E-state index in [1.165, 1.54) is 29.2 Å². The van der Waals surface area contributed by atoms with Crippen molar-refractivity contribution in [2.75, 3.05) is 13.7 Å². The van der Waals surface area contributed by atoms with Crippen molar-refractivity contribution in [2.45, 2.75) is 18.3 Å². The fourth-order valence-corrected chi connectivity index (χ4v) is 2.52. The van der Waals surface area contributed by atoms with E-state index in [1.54, 1.807) is 7.11 Å². The van der Waals surface area contributed by atoms with Crippen LogP contribution in [0.5, 0.6) is 5.75 Å². The minimum Gasteiger partial charge on any atom is -0.496 e. The molecule has 2 aromatic carbocycles. The molecule has 0 aliphatic heterocycles. The molecule has 2 N–H and O–H groups in total. The molecule has 0 saturated heterocycles. The normalized spacial score (nSPS) is 17.1. The molecule has 0 aromatic heterocycles. The molecule has 2 aromatic rings. The van der Waals surface area contributed by atoms with Crippen molar-refractivity contribution in [1.29, 1.82) is 0 Å². The van der Waals surface area contributed by atoms with E-state index < -0.39 is 0 Å². The average molecular weight is 227 g/mol. The molecule has 88 valence electrons. The summed E-state index contributed by atoms with van der Waals surface area (Å²) >= 11 is 0. The number of hydrogen-bond donors (Lipinski definition) is 1. The fraction of sp³-hybridized carbons (Fsp3) is 0.333. The zero-order valence-electron chi connectivity index (χ0n) is 10.1. The minimum atomic E-state index is 0.261. The molecule has 0 amide bonds. The molecule has 1 aliphatic rings. The van der Waals surface area contributed by atoms with E-state index in [-0.39, 0.29) is 5.41 Å². The van der Waals surface area contributed by atoms with Crippen LogP contribution in [0.1, 0.15) is 18.4 Å². The zero-order valence-corrected chi connectivity index (χ0v) is 10.1. The zero-order chi connectivity index (χ0) is 11.9. The Labute approximate surface area is 101 Å². The third kappa shape index (κ3) is 1.60. The van der Waals surface area contributed by atoms with Gasteiger partial charge in [-0.2, -0.15) is 0 Å².